The number of ether oxygens (including phenoxy) is 2. The third-order valence-corrected chi connectivity index (χ3v) is 3.29. The van der Waals surface area contributed by atoms with Gasteiger partial charge in [0.25, 0.3) is 0 Å². The van der Waals surface area contributed by atoms with E-state index in [1.807, 2.05) is 45.9 Å². The SMILES string of the molecule is COC(c1c(C)cccc1C)C(OC(N)=O)C(C)C. The highest BCUT2D eigenvalue weighted by Gasteiger charge is 2.31. The zero-order valence-electron chi connectivity index (χ0n) is 12.3. The van der Waals surface area contributed by atoms with Crippen molar-refractivity contribution in [2.24, 2.45) is 11.7 Å². The number of primary amides is 1. The highest BCUT2D eigenvalue weighted by atomic mass is 16.6. The van der Waals surface area contributed by atoms with Crippen molar-refractivity contribution < 1.29 is 14.3 Å². The number of rotatable bonds is 5. The van der Waals surface area contributed by atoms with E-state index in [0.717, 1.165) is 16.7 Å². The fraction of sp³-hybridized carbons (Fsp3) is 0.533. The zero-order valence-corrected chi connectivity index (χ0v) is 12.3. The molecule has 0 saturated heterocycles. The Morgan fingerprint density at radius 2 is 1.74 bits per heavy atom. The molecule has 4 heteroatoms. The fourth-order valence-electron chi connectivity index (χ4n) is 2.37. The topological polar surface area (TPSA) is 61.6 Å². The van der Waals surface area contributed by atoms with Gasteiger partial charge in [0.05, 0.1) is 0 Å². The summed E-state index contributed by atoms with van der Waals surface area (Å²) in [4.78, 5) is 11.1. The molecule has 106 valence electrons. The van der Waals surface area contributed by atoms with Crippen LogP contribution in [0, 0.1) is 19.8 Å². The van der Waals surface area contributed by atoms with Crippen LogP contribution in [0.5, 0.6) is 0 Å². The molecule has 1 rings (SSSR count). The van der Waals surface area contributed by atoms with E-state index < -0.39 is 12.2 Å². The smallest absolute Gasteiger partial charge is 0.404 e. The maximum atomic E-state index is 11.1. The third-order valence-electron chi connectivity index (χ3n) is 3.29. The van der Waals surface area contributed by atoms with Crippen molar-refractivity contribution in [1.82, 2.24) is 0 Å². The number of benzene rings is 1. The fourth-order valence-corrected chi connectivity index (χ4v) is 2.37. The van der Waals surface area contributed by atoms with Crippen molar-refractivity contribution in [3.8, 4) is 0 Å². The number of carbonyl (C=O) groups is 1. The first-order chi connectivity index (χ1) is 8.88. The van der Waals surface area contributed by atoms with Crippen LogP contribution in [0.1, 0.15) is 36.6 Å². The van der Waals surface area contributed by atoms with Gasteiger partial charge >= 0.3 is 6.09 Å². The largest absolute Gasteiger partial charge is 0.443 e. The Morgan fingerprint density at radius 1 is 1.21 bits per heavy atom. The van der Waals surface area contributed by atoms with Crippen LogP contribution in [-0.2, 0) is 9.47 Å². The van der Waals surface area contributed by atoms with Gasteiger partial charge in [0.15, 0.2) is 0 Å². The summed E-state index contributed by atoms with van der Waals surface area (Å²) >= 11 is 0. The lowest BCUT2D eigenvalue weighted by Gasteiger charge is -2.30. The predicted octanol–water partition coefficient (Wildman–Crippen LogP) is 3.11. The summed E-state index contributed by atoms with van der Waals surface area (Å²) in [6.45, 7) is 8.01. The summed E-state index contributed by atoms with van der Waals surface area (Å²) in [6, 6.07) is 6.05. The van der Waals surface area contributed by atoms with Gasteiger partial charge in [-0.2, -0.15) is 0 Å². The number of hydrogen-bond acceptors (Lipinski definition) is 3. The van der Waals surface area contributed by atoms with E-state index >= 15 is 0 Å². The molecule has 2 N–H and O–H groups in total. The minimum atomic E-state index is -0.771. The van der Waals surface area contributed by atoms with Crippen LogP contribution in [0.3, 0.4) is 0 Å². The van der Waals surface area contributed by atoms with Crippen molar-refractivity contribution in [2.75, 3.05) is 7.11 Å². The van der Waals surface area contributed by atoms with Crippen molar-refractivity contribution in [3.63, 3.8) is 0 Å². The molecular formula is C15H23NO3. The van der Waals surface area contributed by atoms with Crippen LogP contribution in [-0.4, -0.2) is 19.3 Å². The number of hydrogen-bond donors (Lipinski definition) is 1. The second-order valence-electron chi connectivity index (χ2n) is 5.11. The maximum absolute atomic E-state index is 11.1. The van der Waals surface area contributed by atoms with Crippen molar-refractivity contribution in [3.05, 3.63) is 34.9 Å². The van der Waals surface area contributed by atoms with Gasteiger partial charge in [-0.3, -0.25) is 0 Å². The summed E-state index contributed by atoms with van der Waals surface area (Å²) in [5, 5.41) is 0. The lowest BCUT2D eigenvalue weighted by Crippen LogP contribution is -2.34. The molecule has 0 bridgehead atoms. The molecule has 2 unspecified atom stereocenters. The Labute approximate surface area is 114 Å². The monoisotopic (exact) mass is 265 g/mol. The molecule has 0 aliphatic rings. The molecule has 0 radical (unpaired) electrons. The van der Waals surface area contributed by atoms with Gasteiger partial charge in [0, 0.05) is 7.11 Å². The van der Waals surface area contributed by atoms with Gasteiger partial charge in [-0.1, -0.05) is 32.0 Å². The molecule has 0 saturated carbocycles. The van der Waals surface area contributed by atoms with E-state index in [1.165, 1.54) is 0 Å². The molecule has 19 heavy (non-hydrogen) atoms. The highest BCUT2D eigenvalue weighted by molar-refractivity contribution is 5.65. The van der Waals surface area contributed by atoms with Gasteiger partial charge in [-0.15, -0.1) is 0 Å². The molecule has 0 aliphatic heterocycles. The quantitative estimate of drug-likeness (QED) is 0.889. The van der Waals surface area contributed by atoms with Crippen molar-refractivity contribution >= 4 is 6.09 Å². The Kier molecular flexibility index (Phi) is 5.36. The van der Waals surface area contributed by atoms with Gasteiger partial charge in [0.2, 0.25) is 0 Å². The van der Waals surface area contributed by atoms with Crippen LogP contribution in [0.15, 0.2) is 18.2 Å². The summed E-state index contributed by atoms with van der Waals surface area (Å²) < 4.78 is 10.8. The second kappa shape index (κ2) is 6.57. The van der Waals surface area contributed by atoms with Crippen LogP contribution >= 0.6 is 0 Å². The van der Waals surface area contributed by atoms with Crippen molar-refractivity contribution in [1.29, 1.82) is 0 Å². The number of amides is 1. The summed E-state index contributed by atoms with van der Waals surface area (Å²) in [5.74, 6) is 0.108. The first-order valence-electron chi connectivity index (χ1n) is 6.43. The molecule has 0 heterocycles. The molecule has 4 nitrogen and oxygen atoms in total. The molecule has 1 aromatic carbocycles. The van der Waals surface area contributed by atoms with Crippen LogP contribution in [0.2, 0.25) is 0 Å². The third kappa shape index (κ3) is 3.70. The molecule has 0 aliphatic carbocycles. The molecule has 0 spiro atoms. The zero-order chi connectivity index (χ0) is 14.6. The Balaban J connectivity index is 3.19. The molecule has 1 aromatic rings. The molecule has 2 atom stereocenters. The lowest BCUT2D eigenvalue weighted by atomic mass is 9.90. The summed E-state index contributed by atoms with van der Waals surface area (Å²) in [6.07, 6.45) is -1.48. The van der Waals surface area contributed by atoms with Gasteiger partial charge < -0.3 is 15.2 Å². The van der Waals surface area contributed by atoms with Gasteiger partial charge in [-0.05, 0) is 36.5 Å². The number of carbonyl (C=O) groups excluding carboxylic acids is 1. The molecule has 1 amide bonds. The molecule has 0 aromatic heterocycles. The van der Waals surface area contributed by atoms with E-state index in [0.29, 0.717) is 0 Å². The maximum Gasteiger partial charge on any atom is 0.404 e. The van der Waals surface area contributed by atoms with E-state index in [4.69, 9.17) is 15.2 Å². The van der Waals surface area contributed by atoms with E-state index in [1.54, 1.807) is 7.11 Å². The minimum Gasteiger partial charge on any atom is -0.443 e. The highest BCUT2D eigenvalue weighted by Crippen LogP contribution is 2.32. The molecule has 0 fully saturated rings. The summed E-state index contributed by atoms with van der Waals surface area (Å²) in [5.41, 5.74) is 8.45. The van der Waals surface area contributed by atoms with Crippen LogP contribution in [0.4, 0.5) is 4.79 Å². The first-order valence-corrected chi connectivity index (χ1v) is 6.43. The van der Waals surface area contributed by atoms with Crippen LogP contribution in [0.25, 0.3) is 0 Å². The van der Waals surface area contributed by atoms with Gasteiger partial charge in [-0.25, -0.2) is 4.79 Å². The van der Waals surface area contributed by atoms with E-state index in [-0.39, 0.29) is 12.0 Å². The normalized spacial score (nSPS) is 14.2. The number of methoxy groups -OCH3 is 1. The Hall–Kier alpha value is -1.55. The number of aryl methyl sites for hydroxylation is 2. The molecular weight excluding hydrogens is 242 g/mol. The summed E-state index contributed by atoms with van der Waals surface area (Å²) in [7, 11) is 1.62. The van der Waals surface area contributed by atoms with Crippen molar-refractivity contribution in [2.45, 2.75) is 39.9 Å². The Morgan fingerprint density at radius 3 is 2.11 bits per heavy atom. The standard InChI is InChI=1S/C15H23NO3/c1-9(2)13(19-15(16)17)14(18-5)12-10(3)7-6-8-11(12)4/h6-9,13-14H,1-5H3,(H2,16,17). The predicted molar refractivity (Wildman–Crippen MR) is 75.0 cm³/mol. The average Bonchev–Trinajstić information content (AvgIpc) is 2.31. The Bertz CT molecular complexity index is 423. The second-order valence-corrected chi connectivity index (χ2v) is 5.11. The van der Waals surface area contributed by atoms with E-state index in [2.05, 4.69) is 0 Å². The average molecular weight is 265 g/mol. The minimum absolute atomic E-state index is 0.108. The van der Waals surface area contributed by atoms with Crippen LogP contribution < -0.4 is 5.73 Å². The number of nitrogens with two attached hydrogens (primary N) is 1. The first kappa shape index (κ1) is 15.5. The van der Waals surface area contributed by atoms with Gasteiger partial charge in [0.1, 0.15) is 12.2 Å². The van der Waals surface area contributed by atoms with E-state index in [9.17, 15) is 4.79 Å². The lowest BCUT2D eigenvalue weighted by molar-refractivity contribution is -0.0429.